The molecule has 0 unspecified atom stereocenters. The van der Waals surface area contributed by atoms with Gasteiger partial charge in [0.25, 0.3) is 5.91 Å². The number of carbonyl (C=O) groups is 1. The number of nitrogens with one attached hydrogen (secondary N) is 1. The van der Waals surface area contributed by atoms with E-state index in [9.17, 15) is 13.2 Å². The molecule has 0 spiro atoms. The van der Waals surface area contributed by atoms with E-state index in [1.165, 1.54) is 19.2 Å². The molecule has 0 bridgehead atoms. The van der Waals surface area contributed by atoms with Gasteiger partial charge in [0.1, 0.15) is 5.75 Å². The molecular weight excluding hydrogens is 388 g/mol. The van der Waals surface area contributed by atoms with E-state index in [1.54, 1.807) is 11.0 Å². The lowest BCUT2D eigenvalue weighted by atomic mass is 9.98. The summed E-state index contributed by atoms with van der Waals surface area (Å²) in [5, 5.41) is 0. The van der Waals surface area contributed by atoms with Gasteiger partial charge in [-0.1, -0.05) is 36.8 Å². The van der Waals surface area contributed by atoms with Gasteiger partial charge in [-0.15, -0.1) is 0 Å². The molecule has 0 saturated carbocycles. The van der Waals surface area contributed by atoms with Gasteiger partial charge in [0.2, 0.25) is 10.0 Å². The monoisotopic (exact) mass is 416 g/mol. The van der Waals surface area contributed by atoms with Gasteiger partial charge in [0, 0.05) is 19.6 Å². The minimum absolute atomic E-state index is 0.0548. The molecule has 156 valence electrons. The number of nitrogens with zero attached hydrogens (tertiary/aromatic N) is 1. The van der Waals surface area contributed by atoms with E-state index in [-0.39, 0.29) is 22.9 Å². The highest BCUT2D eigenvalue weighted by atomic mass is 32.2. The lowest BCUT2D eigenvalue weighted by Gasteiger charge is -2.30. The van der Waals surface area contributed by atoms with Crippen LogP contribution in [0.4, 0.5) is 0 Å². The summed E-state index contributed by atoms with van der Waals surface area (Å²) in [4.78, 5) is 14.8. The van der Waals surface area contributed by atoms with Crippen LogP contribution in [-0.2, 0) is 16.6 Å². The zero-order valence-corrected chi connectivity index (χ0v) is 18.0. The average Bonchev–Trinajstić information content (AvgIpc) is 2.73. The quantitative estimate of drug-likeness (QED) is 0.784. The molecule has 1 N–H and O–H groups in total. The fourth-order valence-corrected chi connectivity index (χ4v) is 4.41. The Morgan fingerprint density at radius 3 is 2.41 bits per heavy atom. The number of rotatable bonds is 6. The van der Waals surface area contributed by atoms with Crippen LogP contribution in [0, 0.1) is 12.8 Å². The van der Waals surface area contributed by atoms with E-state index in [4.69, 9.17) is 4.74 Å². The van der Waals surface area contributed by atoms with Crippen molar-refractivity contribution in [2.45, 2.75) is 38.1 Å². The molecule has 6 nitrogen and oxygen atoms in total. The molecule has 1 heterocycles. The summed E-state index contributed by atoms with van der Waals surface area (Å²) < 4.78 is 33.5. The number of carbonyl (C=O) groups excluding carboxylic acids is 1. The topological polar surface area (TPSA) is 75.7 Å². The maximum Gasteiger partial charge on any atom is 0.257 e. The first-order valence-electron chi connectivity index (χ1n) is 9.82. The van der Waals surface area contributed by atoms with Crippen LogP contribution in [0.15, 0.2) is 47.4 Å². The summed E-state index contributed by atoms with van der Waals surface area (Å²) in [5.41, 5.74) is 2.26. The SMILES string of the molecule is COc1ccc(S(=O)(=O)NCc2ccc(C)cc2)cc1C(=O)N1CCC(C)CC1. The number of piperidine rings is 1. The van der Waals surface area contributed by atoms with Crippen molar-refractivity contribution in [2.24, 2.45) is 5.92 Å². The van der Waals surface area contributed by atoms with E-state index in [0.29, 0.717) is 24.8 Å². The van der Waals surface area contributed by atoms with Crippen molar-refractivity contribution in [2.75, 3.05) is 20.2 Å². The van der Waals surface area contributed by atoms with Gasteiger partial charge >= 0.3 is 0 Å². The van der Waals surface area contributed by atoms with Gasteiger partial charge in [-0.05, 0) is 49.4 Å². The first-order chi connectivity index (χ1) is 13.8. The highest BCUT2D eigenvalue weighted by molar-refractivity contribution is 7.89. The normalized spacial score (nSPS) is 15.3. The summed E-state index contributed by atoms with van der Waals surface area (Å²) in [7, 11) is -2.29. The fraction of sp³-hybridized carbons (Fsp3) is 0.409. The highest BCUT2D eigenvalue weighted by Crippen LogP contribution is 2.26. The van der Waals surface area contributed by atoms with E-state index in [0.717, 1.165) is 24.0 Å². The second kappa shape index (κ2) is 8.97. The molecule has 1 saturated heterocycles. The van der Waals surface area contributed by atoms with E-state index in [1.807, 2.05) is 31.2 Å². The summed E-state index contributed by atoms with van der Waals surface area (Å²) >= 11 is 0. The van der Waals surface area contributed by atoms with Crippen molar-refractivity contribution in [1.29, 1.82) is 0 Å². The summed E-state index contributed by atoms with van der Waals surface area (Å²) in [5.74, 6) is 0.786. The molecule has 1 amide bonds. The van der Waals surface area contributed by atoms with Crippen molar-refractivity contribution in [1.82, 2.24) is 9.62 Å². The number of amides is 1. The van der Waals surface area contributed by atoms with Gasteiger partial charge in [-0.25, -0.2) is 13.1 Å². The van der Waals surface area contributed by atoms with Crippen LogP contribution in [0.3, 0.4) is 0 Å². The fourth-order valence-electron chi connectivity index (χ4n) is 3.37. The third-order valence-electron chi connectivity index (χ3n) is 5.37. The number of likely N-dealkylation sites (tertiary alicyclic amines) is 1. The van der Waals surface area contributed by atoms with Gasteiger partial charge in [0.15, 0.2) is 0 Å². The predicted molar refractivity (Wildman–Crippen MR) is 113 cm³/mol. The van der Waals surface area contributed by atoms with Gasteiger partial charge in [0.05, 0.1) is 17.6 Å². The van der Waals surface area contributed by atoms with E-state index in [2.05, 4.69) is 11.6 Å². The average molecular weight is 417 g/mol. The molecule has 2 aromatic rings. The van der Waals surface area contributed by atoms with Crippen molar-refractivity contribution in [3.05, 3.63) is 59.2 Å². The van der Waals surface area contributed by atoms with Crippen LogP contribution in [0.5, 0.6) is 5.75 Å². The Kier molecular flexibility index (Phi) is 6.59. The van der Waals surface area contributed by atoms with Gasteiger partial charge in [-0.3, -0.25) is 4.79 Å². The molecule has 7 heteroatoms. The minimum Gasteiger partial charge on any atom is -0.496 e. The summed E-state index contributed by atoms with van der Waals surface area (Å²) in [6.45, 7) is 5.68. The molecule has 0 radical (unpaired) electrons. The standard InChI is InChI=1S/C22H28N2O4S/c1-16-4-6-18(7-5-16)15-23-29(26,27)19-8-9-21(28-3)20(14-19)22(25)24-12-10-17(2)11-13-24/h4-9,14,17,23H,10-13,15H2,1-3H3. The summed E-state index contributed by atoms with van der Waals surface area (Å²) in [6.07, 6.45) is 1.90. The molecule has 2 aromatic carbocycles. The maximum atomic E-state index is 13.0. The van der Waals surface area contributed by atoms with Crippen molar-refractivity contribution in [3.8, 4) is 5.75 Å². The van der Waals surface area contributed by atoms with Gasteiger partial charge in [-0.2, -0.15) is 0 Å². The van der Waals surface area contributed by atoms with E-state index >= 15 is 0 Å². The Morgan fingerprint density at radius 1 is 1.14 bits per heavy atom. The van der Waals surface area contributed by atoms with Crippen LogP contribution >= 0.6 is 0 Å². The Bertz CT molecular complexity index is 963. The number of aryl methyl sites for hydroxylation is 1. The number of hydrogen-bond donors (Lipinski definition) is 1. The smallest absolute Gasteiger partial charge is 0.257 e. The Balaban J connectivity index is 1.81. The van der Waals surface area contributed by atoms with Crippen LogP contribution < -0.4 is 9.46 Å². The van der Waals surface area contributed by atoms with Crippen molar-refractivity contribution >= 4 is 15.9 Å². The molecular formula is C22H28N2O4S. The molecule has 0 aliphatic carbocycles. The van der Waals surface area contributed by atoms with Crippen LogP contribution in [0.1, 0.15) is 41.3 Å². The second-order valence-electron chi connectivity index (χ2n) is 7.65. The molecule has 1 aliphatic rings. The van der Waals surface area contributed by atoms with Crippen LogP contribution in [-0.4, -0.2) is 39.4 Å². The number of sulfonamides is 1. The molecule has 3 rings (SSSR count). The molecule has 0 atom stereocenters. The van der Waals surface area contributed by atoms with Crippen molar-refractivity contribution < 1.29 is 17.9 Å². The Hall–Kier alpha value is -2.38. The lowest BCUT2D eigenvalue weighted by molar-refractivity contribution is 0.0693. The van der Waals surface area contributed by atoms with Gasteiger partial charge < -0.3 is 9.64 Å². The number of benzene rings is 2. The zero-order valence-electron chi connectivity index (χ0n) is 17.1. The first kappa shape index (κ1) is 21.3. The lowest BCUT2D eigenvalue weighted by Crippen LogP contribution is -2.38. The van der Waals surface area contributed by atoms with E-state index < -0.39 is 10.0 Å². The minimum atomic E-state index is -3.77. The largest absolute Gasteiger partial charge is 0.496 e. The highest BCUT2D eigenvalue weighted by Gasteiger charge is 2.26. The third kappa shape index (κ3) is 5.16. The first-order valence-corrected chi connectivity index (χ1v) is 11.3. The number of methoxy groups -OCH3 is 1. The predicted octanol–water partition coefficient (Wildman–Crippen LogP) is 3.35. The van der Waals surface area contributed by atoms with Crippen molar-refractivity contribution in [3.63, 3.8) is 0 Å². The van der Waals surface area contributed by atoms with Crippen LogP contribution in [0.25, 0.3) is 0 Å². The Labute approximate surface area is 172 Å². The maximum absolute atomic E-state index is 13.0. The van der Waals surface area contributed by atoms with Crippen LogP contribution in [0.2, 0.25) is 0 Å². The zero-order chi connectivity index (χ0) is 21.0. The molecule has 1 aliphatic heterocycles. The number of ether oxygens (including phenoxy) is 1. The Morgan fingerprint density at radius 2 is 1.79 bits per heavy atom. The summed E-state index contributed by atoms with van der Waals surface area (Å²) in [6, 6.07) is 12.1. The molecule has 1 fully saturated rings. The molecule has 29 heavy (non-hydrogen) atoms. The molecule has 0 aromatic heterocycles. The second-order valence-corrected chi connectivity index (χ2v) is 9.41. The third-order valence-corrected chi connectivity index (χ3v) is 6.77. The number of hydrogen-bond acceptors (Lipinski definition) is 4.